The molecule has 0 aliphatic heterocycles. The molecule has 5 aromatic rings. The zero-order valence-electron chi connectivity index (χ0n) is 18.3. The Hall–Kier alpha value is -3.65. The van der Waals surface area contributed by atoms with Gasteiger partial charge in [-0.25, -0.2) is 4.98 Å². The Balaban J connectivity index is 1.37. The lowest BCUT2D eigenvalue weighted by Gasteiger charge is -2.13. The van der Waals surface area contributed by atoms with Gasteiger partial charge in [0.05, 0.1) is 17.7 Å². The molecule has 0 bridgehead atoms. The predicted octanol–water partition coefficient (Wildman–Crippen LogP) is 7.09. The molecule has 0 saturated carbocycles. The van der Waals surface area contributed by atoms with Crippen molar-refractivity contribution in [3.63, 3.8) is 0 Å². The molecule has 1 aromatic heterocycles. The van der Waals surface area contributed by atoms with Crippen molar-refractivity contribution in [2.45, 2.75) is 0 Å². The molecule has 0 aliphatic carbocycles. The highest BCUT2D eigenvalue weighted by molar-refractivity contribution is 7.80. The maximum Gasteiger partial charge on any atom is 0.261 e. The minimum Gasteiger partial charge on any atom is -0.494 e. The molecule has 0 fully saturated rings. The van der Waals surface area contributed by atoms with Gasteiger partial charge in [0.15, 0.2) is 10.7 Å². The summed E-state index contributed by atoms with van der Waals surface area (Å²) in [5.74, 6) is 0.181. The highest BCUT2D eigenvalue weighted by Gasteiger charge is 2.18. The topological polar surface area (TPSA) is 76.4 Å². The van der Waals surface area contributed by atoms with E-state index in [1.165, 1.54) is 19.2 Å². The van der Waals surface area contributed by atoms with Crippen LogP contribution in [-0.4, -0.2) is 23.1 Å². The van der Waals surface area contributed by atoms with Gasteiger partial charge in [-0.2, -0.15) is 0 Å². The number of benzene rings is 4. The van der Waals surface area contributed by atoms with Crippen LogP contribution in [0.15, 0.2) is 77.2 Å². The third-order valence-corrected chi connectivity index (χ3v) is 6.04. The van der Waals surface area contributed by atoms with Crippen LogP contribution in [0.3, 0.4) is 0 Å². The SMILES string of the molecule is COc1c(Cl)cc(Cl)cc1C(=O)NC(=S)Nc1cccc(-c2nc3c(ccc4ccccc43)o2)c1. The van der Waals surface area contributed by atoms with Gasteiger partial charge in [-0.1, -0.05) is 59.6 Å². The Morgan fingerprint density at radius 3 is 2.69 bits per heavy atom. The summed E-state index contributed by atoms with van der Waals surface area (Å²) in [5, 5.41) is 8.36. The van der Waals surface area contributed by atoms with Gasteiger partial charge >= 0.3 is 0 Å². The van der Waals surface area contributed by atoms with Crippen molar-refractivity contribution >= 4 is 74.0 Å². The zero-order chi connectivity index (χ0) is 24.5. The van der Waals surface area contributed by atoms with Crippen LogP contribution in [0.1, 0.15) is 10.4 Å². The second-order valence-electron chi connectivity index (χ2n) is 7.61. The average molecular weight is 522 g/mol. The molecule has 0 atom stereocenters. The summed E-state index contributed by atoms with van der Waals surface area (Å²) >= 11 is 17.5. The van der Waals surface area contributed by atoms with E-state index in [4.69, 9.17) is 49.6 Å². The van der Waals surface area contributed by atoms with E-state index in [1.807, 2.05) is 60.7 Å². The van der Waals surface area contributed by atoms with E-state index in [0.717, 1.165) is 21.9 Å². The number of carbonyl (C=O) groups excluding carboxylic acids is 1. The van der Waals surface area contributed by atoms with Gasteiger partial charge in [0, 0.05) is 21.7 Å². The second-order valence-corrected chi connectivity index (χ2v) is 8.86. The molecule has 0 aliphatic rings. The maximum absolute atomic E-state index is 12.8. The molecule has 0 spiro atoms. The third kappa shape index (κ3) is 4.66. The highest BCUT2D eigenvalue weighted by atomic mass is 35.5. The van der Waals surface area contributed by atoms with Crippen LogP contribution < -0.4 is 15.4 Å². The van der Waals surface area contributed by atoms with Crippen molar-refractivity contribution in [3.05, 3.63) is 88.4 Å². The Labute approximate surface area is 215 Å². The Bertz CT molecular complexity index is 1620. The van der Waals surface area contributed by atoms with E-state index in [1.54, 1.807) is 0 Å². The summed E-state index contributed by atoms with van der Waals surface area (Å²) in [6, 6.07) is 22.3. The molecule has 2 N–H and O–H groups in total. The van der Waals surface area contributed by atoms with Crippen molar-refractivity contribution in [2.24, 2.45) is 0 Å². The van der Waals surface area contributed by atoms with E-state index < -0.39 is 5.91 Å². The molecule has 0 saturated heterocycles. The lowest BCUT2D eigenvalue weighted by Crippen LogP contribution is -2.34. The molecule has 4 aromatic carbocycles. The molecule has 1 amide bonds. The monoisotopic (exact) mass is 521 g/mol. The van der Waals surface area contributed by atoms with Gasteiger partial charge in [0.2, 0.25) is 5.89 Å². The first-order valence-electron chi connectivity index (χ1n) is 10.5. The number of rotatable bonds is 4. The summed E-state index contributed by atoms with van der Waals surface area (Å²) < 4.78 is 11.2. The van der Waals surface area contributed by atoms with Crippen LogP contribution in [0.25, 0.3) is 33.3 Å². The van der Waals surface area contributed by atoms with E-state index in [9.17, 15) is 4.79 Å². The number of halogens is 2. The van der Waals surface area contributed by atoms with Crippen molar-refractivity contribution in [1.29, 1.82) is 0 Å². The Kier molecular flexibility index (Phi) is 6.30. The average Bonchev–Trinajstić information content (AvgIpc) is 3.29. The van der Waals surface area contributed by atoms with Gasteiger partial charge in [-0.3, -0.25) is 10.1 Å². The van der Waals surface area contributed by atoms with Crippen molar-refractivity contribution < 1.29 is 13.9 Å². The minimum atomic E-state index is -0.509. The van der Waals surface area contributed by atoms with Gasteiger partial charge in [0.1, 0.15) is 11.3 Å². The lowest BCUT2D eigenvalue weighted by molar-refractivity contribution is 0.0974. The van der Waals surface area contributed by atoms with Crippen LogP contribution in [0.5, 0.6) is 5.75 Å². The normalized spacial score (nSPS) is 10.9. The smallest absolute Gasteiger partial charge is 0.261 e. The fourth-order valence-electron chi connectivity index (χ4n) is 3.78. The van der Waals surface area contributed by atoms with E-state index in [2.05, 4.69) is 10.6 Å². The van der Waals surface area contributed by atoms with E-state index in [-0.39, 0.29) is 21.4 Å². The molecule has 1 heterocycles. The number of anilines is 1. The number of amides is 1. The Morgan fingerprint density at radius 2 is 1.86 bits per heavy atom. The number of hydrogen-bond donors (Lipinski definition) is 2. The molecular formula is C26H17Cl2N3O3S. The van der Waals surface area contributed by atoms with Crippen molar-refractivity contribution in [2.75, 3.05) is 12.4 Å². The summed E-state index contributed by atoms with van der Waals surface area (Å²) in [5.41, 5.74) is 3.08. The summed E-state index contributed by atoms with van der Waals surface area (Å²) in [6.45, 7) is 0. The maximum atomic E-state index is 12.8. The minimum absolute atomic E-state index is 0.0915. The fourth-order valence-corrected chi connectivity index (χ4v) is 4.57. The lowest BCUT2D eigenvalue weighted by atomic mass is 10.1. The van der Waals surface area contributed by atoms with Crippen molar-refractivity contribution in [3.8, 4) is 17.2 Å². The van der Waals surface area contributed by atoms with Crippen LogP contribution in [-0.2, 0) is 0 Å². The third-order valence-electron chi connectivity index (χ3n) is 5.34. The van der Waals surface area contributed by atoms with E-state index in [0.29, 0.717) is 22.2 Å². The number of aromatic nitrogens is 1. The first kappa shape index (κ1) is 23.1. The molecule has 0 unspecified atom stereocenters. The molecule has 6 nitrogen and oxygen atoms in total. The summed E-state index contributed by atoms with van der Waals surface area (Å²) in [7, 11) is 1.42. The first-order valence-corrected chi connectivity index (χ1v) is 11.6. The van der Waals surface area contributed by atoms with Crippen LogP contribution in [0.2, 0.25) is 10.0 Å². The quantitative estimate of drug-likeness (QED) is 0.246. The van der Waals surface area contributed by atoms with Crippen LogP contribution >= 0.6 is 35.4 Å². The van der Waals surface area contributed by atoms with Crippen LogP contribution in [0, 0.1) is 0 Å². The fraction of sp³-hybridized carbons (Fsp3) is 0.0385. The number of ether oxygens (including phenoxy) is 1. The molecular weight excluding hydrogens is 505 g/mol. The van der Waals surface area contributed by atoms with Crippen LogP contribution in [0.4, 0.5) is 5.69 Å². The number of oxazole rings is 1. The number of nitrogens with one attached hydrogen (secondary N) is 2. The summed E-state index contributed by atoms with van der Waals surface area (Å²) in [6.07, 6.45) is 0. The molecule has 174 valence electrons. The summed E-state index contributed by atoms with van der Waals surface area (Å²) in [4.78, 5) is 17.5. The first-order chi connectivity index (χ1) is 16.9. The zero-order valence-corrected chi connectivity index (χ0v) is 20.6. The number of carbonyl (C=O) groups is 1. The standard InChI is InChI=1S/C26H17Cl2N3O3S/c1-33-23-19(12-16(27)13-20(23)28)24(32)31-26(35)29-17-7-4-6-15(11-17)25-30-22-18-8-3-2-5-14(18)9-10-21(22)34-25/h2-13H,1H3,(H2,29,31,32,35). The number of fused-ring (bicyclic) bond motifs is 3. The number of nitrogens with zero attached hydrogens (tertiary/aromatic N) is 1. The van der Waals surface area contributed by atoms with Gasteiger partial charge in [-0.05, 0) is 54.0 Å². The second kappa shape index (κ2) is 9.54. The largest absolute Gasteiger partial charge is 0.494 e. The molecule has 0 radical (unpaired) electrons. The number of thiocarbonyl (C=S) groups is 1. The van der Waals surface area contributed by atoms with Crippen molar-refractivity contribution in [1.82, 2.24) is 10.3 Å². The Morgan fingerprint density at radius 1 is 1.03 bits per heavy atom. The number of hydrogen-bond acceptors (Lipinski definition) is 5. The predicted molar refractivity (Wildman–Crippen MR) is 144 cm³/mol. The van der Waals surface area contributed by atoms with Gasteiger partial charge in [0.25, 0.3) is 5.91 Å². The molecule has 5 rings (SSSR count). The van der Waals surface area contributed by atoms with Gasteiger partial charge in [-0.15, -0.1) is 0 Å². The van der Waals surface area contributed by atoms with E-state index >= 15 is 0 Å². The highest BCUT2D eigenvalue weighted by Crippen LogP contribution is 2.33. The number of methoxy groups -OCH3 is 1. The van der Waals surface area contributed by atoms with Gasteiger partial charge < -0.3 is 14.5 Å². The molecule has 35 heavy (non-hydrogen) atoms. The molecule has 9 heteroatoms.